The molecule has 0 atom stereocenters. The predicted molar refractivity (Wildman–Crippen MR) is 123 cm³/mol. The Kier molecular flexibility index (Phi) is 8.47. The maximum Gasteiger partial charge on any atom is 0.251 e. The number of hydrogen-bond acceptors (Lipinski definition) is 7. The minimum absolute atomic E-state index is 0.122. The number of nitrogens with zero attached hydrogens (tertiary/aromatic N) is 4. The van der Waals surface area contributed by atoms with Gasteiger partial charge in [-0.3, -0.25) is 4.79 Å². The van der Waals surface area contributed by atoms with Crippen LogP contribution in [0.4, 0.5) is 5.82 Å². The van der Waals surface area contributed by atoms with Gasteiger partial charge < -0.3 is 15.4 Å². The Morgan fingerprint density at radius 2 is 2.17 bits per heavy atom. The Morgan fingerprint density at radius 3 is 2.93 bits per heavy atom. The summed E-state index contributed by atoms with van der Waals surface area (Å²) in [6.07, 6.45) is 2.80. The van der Waals surface area contributed by atoms with Gasteiger partial charge in [0.25, 0.3) is 5.91 Å². The van der Waals surface area contributed by atoms with E-state index in [1.54, 1.807) is 41.9 Å². The molecule has 0 bridgehead atoms. The first-order valence-electron chi connectivity index (χ1n) is 9.75. The molecule has 160 valence electrons. The lowest BCUT2D eigenvalue weighted by atomic mass is 10.2. The highest BCUT2D eigenvalue weighted by Gasteiger charge is 2.14. The molecule has 30 heavy (non-hydrogen) atoms. The molecule has 0 aliphatic carbocycles. The third-order valence-electron chi connectivity index (χ3n) is 4.21. The van der Waals surface area contributed by atoms with E-state index in [0.717, 1.165) is 33.5 Å². The summed E-state index contributed by atoms with van der Waals surface area (Å²) in [6.45, 7) is 4.31. The van der Waals surface area contributed by atoms with E-state index in [1.807, 2.05) is 12.1 Å². The number of methoxy groups -OCH3 is 1. The van der Waals surface area contributed by atoms with E-state index in [2.05, 4.69) is 43.6 Å². The minimum atomic E-state index is -0.122. The van der Waals surface area contributed by atoms with Crippen LogP contribution in [0.3, 0.4) is 0 Å². The van der Waals surface area contributed by atoms with E-state index in [9.17, 15) is 4.79 Å². The number of amides is 1. The summed E-state index contributed by atoms with van der Waals surface area (Å²) in [7, 11) is 1.67. The van der Waals surface area contributed by atoms with Gasteiger partial charge in [-0.05, 0) is 24.6 Å². The van der Waals surface area contributed by atoms with Crippen molar-refractivity contribution in [3.05, 3.63) is 40.5 Å². The highest BCUT2D eigenvalue weighted by atomic mass is 79.9. The van der Waals surface area contributed by atoms with Crippen molar-refractivity contribution >= 4 is 50.5 Å². The standard InChI is InChI=1S/C20H25BrN6O2S/c1-3-11-30-20-25-17(22-8-10-29-2)16-13-24-27(18(16)26-20)9-7-23-19(28)14-5-4-6-15(21)12-14/h4-6,12-13H,3,7-11H2,1-2H3,(H,23,28)(H,22,25,26). The first-order valence-corrected chi connectivity index (χ1v) is 11.5. The molecule has 2 N–H and O–H groups in total. The molecule has 1 aromatic carbocycles. The summed E-state index contributed by atoms with van der Waals surface area (Å²) in [5, 5.41) is 12.3. The number of carbonyl (C=O) groups excluding carboxylic acids is 1. The van der Waals surface area contributed by atoms with Crippen LogP contribution in [0.2, 0.25) is 0 Å². The quantitative estimate of drug-likeness (QED) is 0.240. The van der Waals surface area contributed by atoms with Gasteiger partial charge in [-0.2, -0.15) is 5.10 Å². The molecule has 3 aromatic rings. The van der Waals surface area contributed by atoms with Crippen LogP contribution in [0.25, 0.3) is 11.0 Å². The van der Waals surface area contributed by atoms with Crippen LogP contribution in [0.5, 0.6) is 0 Å². The zero-order chi connectivity index (χ0) is 21.3. The van der Waals surface area contributed by atoms with E-state index >= 15 is 0 Å². The number of halogens is 1. The fourth-order valence-electron chi connectivity index (χ4n) is 2.77. The Labute approximate surface area is 188 Å². The van der Waals surface area contributed by atoms with E-state index in [4.69, 9.17) is 9.72 Å². The fraction of sp³-hybridized carbons (Fsp3) is 0.400. The molecule has 0 radical (unpaired) electrons. The Morgan fingerprint density at radius 1 is 1.30 bits per heavy atom. The number of nitrogens with one attached hydrogen (secondary N) is 2. The van der Waals surface area contributed by atoms with Crippen LogP contribution in [0.15, 0.2) is 40.1 Å². The topological polar surface area (TPSA) is 94.0 Å². The number of aromatic nitrogens is 4. The minimum Gasteiger partial charge on any atom is -0.383 e. The molecular weight excluding hydrogens is 468 g/mol. The zero-order valence-corrected chi connectivity index (χ0v) is 19.4. The molecule has 0 fully saturated rings. The second kappa shape index (κ2) is 11.3. The average Bonchev–Trinajstić information content (AvgIpc) is 3.15. The Balaban J connectivity index is 1.73. The third kappa shape index (κ3) is 5.93. The van der Waals surface area contributed by atoms with Gasteiger partial charge in [-0.25, -0.2) is 14.6 Å². The van der Waals surface area contributed by atoms with Crippen LogP contribution < -0.4 is 10.6 Å². The van der Waals surface area contributed by atoms with Gasteiger partial charge in [0, 0.05) is 36.0 Å². The van der Waals surface area contributed by atoms with Crippen LogP contribution in [-0.4, -0.2) is 58.2 Å². The number of thioether (sulfide) groups is 1. The average molecular weight is 493 g/mol. The van der Waals surface area contributed by atoms with E-state index < -0.39 is 0 Å². The number of fused-ring (bicyclic) bond motifs is 1. The number of rotatable bonds is 11. The highest BCUT2D eigenvalue weighted by molar-refractivity contribution is 9.10. The third-order valence-corrected chi connectivity index (χ3v) is 5.75. The first-order chi connectivity index (χ1) is 14.6. The number of hydrogen-bond donors (Lipinski definition) is 2. The second-order valence-electron chi connectivity index (χ2n) is 6.49. The molecule has 0 spiro atoms. The number of anilines is 1. The lowest BCUT2D eigenvalue weighted by Crippen LogP contribution is -2.27. The molecule has 0 saturated carbocycles. The van der Waals surface area contributed by atoms with Crippen LogP contribution in [0, 0.1) is 0 Å². The fourth-order valence-corrected chi connectivity index (χ4v) is 3.86. The van der Waals surface area contributed by atoms with Gasteiger partial charge in [0.2, 0.25) is 0 Å². The van der Waals surface area contributed by atoms with Gasteiger partial charge in [-0.1, -0.05) is 40.7 Å². The van der Waals surface area contributed by atoms with Gasteiger partial charge in [0.05, 0.1) is 24.7 Å². The van der Waals surface area contributed by atoms with Crippen molar-refractivity contribution < 1.29 is 9.53 Å². The lowest BCUT2D eigenvalue weighted by Gasteiger charge is -2.10. The molecular formula is C20H25BrN6O2S. The molecule has 0 aliphatic heterocycles. The molecule has 0 aliphatic rings. The Bertz CT molecular complexity index is 997. The summed E-state index contributed by atoms with van der Waals surface area (Å²) >= 11 is 5.01. The van der Waals surface area contributed by atoms with Gasteiger partial charge in [-0.15, -0.1) is 0 Å². The zero-order valence-electron chi connectivity index (χ0n) is 17.0. The van der Waals surface area contributed by atoms with E-state index in [-0.39, 0.29) is 5.91 Å². The van der Waals surface area contributed by atoms with Gasteiger partial charge in [0.15, 0.2) is 10.8 Å². The smallest absolute Gasteiger partial charge is 0.251 e. The van der Waals surface area contributed by atoms with Crippen LogP contribution in [-0.2, 0) is 11.3 Å². The summed E-state index contributed by atoms with van der Waals surface area (Å²) in [5.74, 6) is 1.57. The second-order valence-corrected chi connectivity index (χ2v) is 8.47. The normalized spacial score (nSPS) is 11.0. The predicted octanol–water partition coefficient (Wildman–Crippen LogP) is 3.58. The molecule has 1 amide bonds. The number of ether oxygens (including phenoxy) is 1. The SMILES string of the molecule is CCCSc1nc(NCCOC)c2cnn(CCNC(=O)c3cccc(Br)c3)c2n1. The van der Waals surface area contributed by atoms with E-state index in [1.165, 1.54) is 0 Å². The summed E-state index contributed by atoms with van der Waals surface area (Å²) < 4.78 is 7.79. The van der Waals surface area contributed by atoms with Crippen molar-refractivity contribution in [3.63, 3.8) is 0 Å². The summed E-state index contributed by atoms with van der Waals surface area (Å²) in [4.78, 5) is 21.7. The molecule has 0 saturated heterocycles. The number of carbonyl (C=O) groups is 1. The van der Waals surface area contributed by atoms with Crippen molar-refractivity contribution in [2.45, 2.75) is 25.0 Å². The summed E-state index contributed by atoms with van der Waals surface area (Å²) in [5.41, 5.74) is 1.36. The molecule has 0 unspecified atom stereocenters. The monoisotopic (exact) mass is 492 g/mol. The molecule has 8 nitrogen and oxygen atoms in total. The van der Waals surface area contributed by atoms with Crippen LogP contribution in [0.1, 0.15) is 23.7 Å². The molecule has 2 heterocycles. The largest absolute Gasteiger partial charge is 0.383 e. The highest BCUT2D eigenvalue weighted by Crippen LogP contribution is 2.24. The maximum atomic E-state index is 12.3. The van der Waals surface area contributed by atoms with Crippen molar-refractivity contribution in [3.8, 4) is 0 Å². The molecule has 2 aromatic heterocycles. The van der Waals surface area contributed by atoms with Crippen molar-refractivity contribution in [2.75, 3.05) is 37.9 Å². The van der Waals surface area contributed by atoms with Crippen molar-refractivity contribution in [1.82, 2.24) is 25.1 Å². The summed E-state index contributed by atoms with van der Waals surface area (Å²) in [6, 6.07) is 7.30. The maximum absolute atomic E-state index is 12.3. The molecule has 10 heteroatoms. The van der Waals surface area contributed by atoms with Gasteiger partial charge in [0.1, 0.15) is 5.82 Å². The Hall–Kier alpha value is -2.17. The van der Waals surface area contributed by atoms with Crippen molar-refractivity contribution in [2.24, 2.45) is 0 Å². The van der Waals surface area contributed by atoms with Gasteiger partial charge >= 0.3 is 0 Å². The number of benzene rings is 1. The first kappa shape index (κ1) is 22.5. The lowest BCUT2D eigenvalue weighted by molar-refractivity contribution is 0.0952. The molecule has 3 rings (SSSR count). The van der Waals surface area contributed by atoms with Crippen molar-refractivity contribution in [1.29, 1.82) is 0 Å². The van der Waals surface area contributed by atoms with E-state index in [0.29, 0.717) is 37.0 Å². The van der Waals surface area contributed by atoms with Crippen LogP contribution >= 0.6 is 27.7 Å².